The van der Waals surface area contributed by atoms with Gasteiger partial charge in [0.25, 0.3) is 0 Å². The van der Waals surface area contributed by atoms with Crippen LogP contribution < -0.4 is 16.0 Å². The first kappa shape index (κ1) is 18.2. The highest BCUT2D eigenvalue weighted by atomic mass is 16.3. The minimum absolute atomic E-state index is 0.228. The first-order valence-corrected chi connectivity index (χ1v) is 8.61. The van der Waals surface area contributed by atoms with Crippen LogP contribution in [0.15, 0.2) is 59.2 Å². The molecule has 3 N–H and O–H groups in total. The number of carbonyl (C=O) groups excluding carboxylic acids is 1. The highest BCUT2D eigenvalue weighted by molar-refractivity contribution is 6.01. The zero-order valence-corrected chi connectivity index (χ0v) is 15.2. The molecule has 1 amide bonds. The van der Waals surface area contributed by atoms with Gasteiger partial charge in [0.05, 0.1) is 6.26 Å². The third kappa shape index (κ3) is 5.43. The number of furan rings is 1. The summed E-state index contributed by atoms with van der Waals surface area (Å²) in [6.07, 6.45) is 4.60. The summed E-state index contributed by atoms with van der Waals surface area (Å²) in [6.45, 7) is 4.65. The third-order valence-corrected chi connectivity index (χ3v) is 3.56. The van der Waals surface area contributed by atoms with E-state index in [0.717, 1.165) is 18.1 Å². The van der Waals surface area contributed by atoms with Crippen molar-refractivity contribution in [3.8, 4) is 0 Å². The molecule has 0 aliphatic carbocycles. The number of aryl methyl sites for hydroxylation is 1. The Balaban J connectivity index is 1.61. The van der Waals surface area contributed by atoms with E-state index >= 15 is 0 Å². The Kier molecular flexibility index (Phi) is 5.84. The first-order valence-electron chi connectivity index (χ1n) is 8.61. The largest absolute Gasteiger partial charge is 0.465 e. The van der Waals surface area contributed by atoms with Crippen LogP contribution >= 0.6 is 0 Å². The second-order valence-corrected chi connectivity index (χ2v) is 5.76. The average Bonchev–Trinajstić information content (AvgIpc) is 3.15. The molecular formula is C20H21N5O2. The van der Waals surface area contributed by atoms with Gasteiger partial charge in [0, 0.05) is 30.1 Å². The molecule has 7 heteroatoms. The van der Waals surface area contributed by atoms with Crippen molar-refractivity contribution in [1.29, 1.82) is 0 Å². The van der Waals surface area contributed by atoms with Gasteiger partial charge in [0.1, 0.15) is 23.2 Å². The van der Waals surface area contributed by atoms with Gasteiger partial charge < -0.3 is 20.4 Å². The molecule has 2 heterocycles. The van der Waals surface area contributed by atoms with Crippen molar-refractivity contribution in [2.45, 2.75) is 13.8 Å². The van der Waals surface area contributed by atoms with Gasteiger partial charge in [-0.2, -0.15) is 0 Å². The number of amides is 1. The molecule has 0 aliphatic rings. The predicted molar refractivity (Wildman–Crippen MR) is 107 cm³/mol. The normalized spacial score (nSPS) is 10.7. The van der Waals surface area contributed by atoms with Crippen LogP contribution in [0.2, 0.25) is 0 Å². The quantitative estimate of drug-likeness (QED) is 0.545. The summed E-state index contributed by atoms with van der Waals surface area (Å²) in [5, 5.41) is 9.21. The van der Waals surface area contributed by atoms with E-state index < -0.39 is 0 Å². The van der Waals surface area contributed by atoms with Gasteiger partial charge in [-0.1, -0.05) is 0 Å². The van der Waals surface area contributed by atoms with E-state index in [2.05, 4.69) is 25.9 Å². The summed E-state index contributed by atoms with van der Waals surface area (Å²) in [4.78, 5) is 20.6. The standard InChI is InChI=1S/C20H21N5O2/c1-3-21-18-13-19(23-14(2)22-18)24-15-6-8-16(9-7-15)25-20(26)11-10-17-5-4-12-27-17/h4-13H,3H2,1-2H3,(H,25,26)(H2,21,22,23,24)/b11-10+. The van der Waals surface area contributed by atoms with Gasteiger partial charge in [-0.25, -0.2) is 9.97 Å². The fourth-order valence-corrected chi connectivity index (χ4v) is 2.42. The van der Waals surface area contributed by atoms with Crippen LogP contribution in [-0.2, 0) is 4.79 Å². The number of nitrogens with zero attached hydrogens (tertiary/aromatic N) is 2. The molecule has 0 radical (unpaired) electrons. The zero-order valence-electron chi connectivity index (χ0n) is 15.2. The van der Waals surface area contributed by atoms with Crippen molar-refractivity contribution in [1.82, 2.24) is 9.97 Å². The van der Waals surface area contributed by atoms with E-state index in [1.165, 1.54) is 6.08 Å². The van der Waals surface area contributed by atoms with E-state index in [0.29, 0.717) is 23.1 Å². The minimum atomic E-state index is -0.228. The van der Waals surface area contributed by atoms with Crippen molar-refractivity contribution in [3.05, 3.63) is 66.4 Å². The number of aromatic nitrogens is 2. The molecule has 2 aromatic heterocycles. The van der Waals surface area contributed by atoms with Gasteiger partial charge in [0.15, 0.2) is 0 Å². The lowest BCUT2D eigenvalue weighted by Crippen LogP contribution is -2.07. The molecule has 0 atom stereocenters. The Morgan fingerprint density at radius 3 is 2.56 bits per heavy atom. The number of rotatable bonds is 7. The molecule has 0 fully saturated rings. The van der Waals surface area contributed by atoms with Crippen molar-refractivity contribution >= 4 is 35.0 Å². The number of benzene rings is 1. The predicted octanol–water partition coefficient (Wildman–Crippen LogP) is 4.21. The molecule has 3 aromatic rings. The number of hydrogen-bond acceptors (Lipinski definition) is 6. The molecule has 27 heavy (non-hydrogen) atoms. The monoisotopic (exact) mass is 363 g/mol. The Hall–Kier alpha value is -3.61. The minimum Gasteiger partial charge on any atom is -0.465 e. The average molecular weight is 363 g/mol. The maximum Gasteiger partial charge on any atom is 0.248 e. The molecule has 0 spiro atoms. The molecule has 0 bridgehead atoms. The summed E-state index contributed by atoms with van der Waals surface area (Å²) < 4.78 is 5.15. The number of hydrogen-bond donors (Lipinski definition) is 3. The SMILES string of the molecule is CCNc1cc(Nc2ccc(NC(=O)/C=C/c3ccco3)cc2)nc(C)n1. The van der Waals surface area contributed by atoms with E-state index in [-0.39, 0.29) is 5.91 Å². The van der Waals surface area contributed by atoms with E-state index in [9.17, 15) is 4.79 Å². The Morgan fingerprint density at radius 2 is 1.85 bits per heavy atom. The highest BCUT2D eigenvalue weighted by Crippen LogP contribution is 2.19. The van der Waals surface area contributed by atoms with Crippen molar-refractivity contribution < 1.29 is 9.21 Å². The summed E-state index contributed by atoms with van der Waals surface area (Å²) >= 11 is 0. The van der Waals surface area contributed by atoms with Gasteiger partial charge >= 0.3 is 0 Å². The number of anilines is 4. The summed E-state index contributed by atoms with van der Waals surface area (Å²) in [6, 6.07) is 12.8. The van der Waals surface area contributed by atoms with Gasteiger partial charge in [0.2, 0.25) is 5.91 Å². The maximum atomic E-state index is 11.9. The van der Waals surface area contributed by atoms with E-state index in [1.807, 2.05) is 44.2 Å². The van der Waals surface area contributed by atoms with Gasteiger partial charge in [-0.3, -0.25) is 4.79 Å². The van der Waals surface area contributed by atoms with Crippen LogP contribution in [0, 0.1) is 6.92 Å². The lowest BCUT2D eigenvalue weighted by atomic mass is 10.2. The number of nitrogens with one attached hydrogen (secondary N) is 3. The van der Waals surface area contributed by atoms with Crippen molar-refractivity contribution in [2.24, 2.45) is 0 Å². The van der Waals surface area contributed by atoms with Gasteiger partial charge in [-0.15, -0.1) is 0 Å². The molecular weight excluding hydrogens is 342 g/mol. The Bertz CT molecular complexity index is 918. The van der Waals surface area contributed by atoms with Crippen molar-refractivity contribution in [2.75, 3.05) is 22.5 Å². The van der Waals surface area contributed by atoms with E-state index in [4.69, 9.17) is 4.42 Å². The van der Waals surface area contributed by atoms with Crippen LogP contribution in [-0.4, -0.2) is 22.4 Å². The number of carbonyl (C=O) groups is 1. The Morgan fingerprint density at radius 1 is 1.11 bits per heavy atom. The van der Waals surface area contributed by atoms with Crippen LogP contribution in [0.5, 0.6) is 0 Å². The molecule has 138 valence electrons. The zero-order chi connectivity index (χ0) is 19.1. The van der Waals surface area contributed by atoms with Gasteiger partial charge in [-0.05, 0) is 56.3 Å². The second kappa shape index (κ2) is 8.66. The summed E-state index contributed by atoms with van der Waals surface area (Å²) in [5.41, 5.74) is 1.56. The maximum absolute atomic E-state index is 11.9. The molecule has 7 nitrogen and oxygen atoms in total. The lowest BCUT2D eigenvalue weighted by Gasteiger charge is -2.10. The fourth-order valence-electron chi connectivity index (χ4n) is 2.42. The Labute approximate surface area is 157 Å². The molecule has 0 unspecified atom stereocenters. The first-order chi connectivity index (χ1) is 13.1. The molecule has 1 aromatic carbocycles. The van der Waals surface area contributed by atoms with Crippen LogP contribution in [0.25, 0.3) is 6.08 Å². The summed E-state index contributed by atoms with van der Waals surface area (Å²) in [7, 11) is 0. The van der Waals surface area contributed by atoms with E-state index in [1.54, 1.807) is 24.5 Å². The molecule has 0 saturated heterocycles. The smallest absolute Gasteiger partial charge is 0.248 e. The van der Waals surface area contributed by atoms with Crippen LogP contribution in [0.1, 0.15) is 18.5 Å². The van der Waals surface area contributed by atoms with Crippen molar-refractivity contribution in [3.63, 3.8) is 0 Å². The molecule has 3 rings (SSSR count). The third-order valence-electron chi connectivity index (χ3n) is 3.56. The van der Waals surface area contributed by atoms with Crippen LogP contribution in [0.3, 0.4) is 0 Å². The second-order valence-electron chi connectivity index (χ2n) is 5.76. The highest BCUT2D eigenvalue weighted by Gasteiger charge is 2.03. The summed E-state index contributed by atoms with van der Waals surface area (Å²) in [5.74, 6) is 2.56. The van der Waals surface area contributed by atoms with Crippen LogP contribution in [0.4, 0.5) is 23.0 Å². The molecule has 0 saturated carbocycles. The fraction of sp³-hybridized carbons (Fsp3) is 0.150. The topological polar surface area (TPSA) is 92.1 Å². The lowest BCUT2D eigenvalue weighted by molar-refractivity contribution is -0.111. The molecule has 0 aliphatic heterocycles.